The van der Waals surface area contributed by atoms with Crippen LogP contribution in [0.2, 0.25) is 0 Å². The molecular weight excluding hydrogens is 400 g/mol. The highest BCUT2D eigenvalue weighted by molar-refractivity contribution is 5.85. The molecule has 2 amide bonds. The van der Waals surface area contributed by atoms with E-state index in [9.17, 15) is 9.59 Å². The van der Waals surface area contributed by atoms with Gasteiger partial charge < -0.3 is 19.8 Å². The third-order valence-corrected chi connectivity index (χ3v) is 6.55. The van der Waals surface area contributed by atoms with Gasteiger partial charge in [-0.1, -0.05) is 36.4 Å². The Bertz CT molecular complexity index is 1150. The van der Waals surface area contributed by atoms with Crippen molar-refractivity contribution in [1.82, 2.24) is 19.8 Å². The van der Waals surface area contributed by atoms with Gasteiger partial charge in [-0.25, -0.2) is 0 Å². The molecule has 2 N–H and O–H groups in total. The van der Waals surface area contributed by atoms with Gasteiger partial charge in [-0.05, 0) is 36.1 Å². The highest BCUT2D eigenvalue weighted by Crippen LogP contribution is 2.21. The molecule has 5 rings (SSSR count). The van der Waals surface area contributed by atoms with E-state index >= 15 is 0 Å². The zero-order chi connectivity index (χ0) is 21.9. The third kappa shape index (κ3) is 4.13. The summed E-state index contributed by atoms with van der Waals surface area (Å²) in [6.07, 6.45) is 6.45. The molecule has 6 heteroatoms. The number of nitrogens with one attached hydrogen (secondary N) is 2. The second kappa shape index (κ2) is 8.91. The molecule has 0 aliphatic carbocycles. The molecule has 0 spiro atoms. The maximum Gasteiger partial charge on any atom is 0.223 e. The molecule has 3 heterocycles. The second-order valence-electron chi connectivity index (χ2n) is 8.48. The predicted molar refractivity (Wildman–Crippen MR) is 126 cm³/mol. The van der Waals surface area contributed by atoms with Gasteiger partial charge in [0.05, 0.1) is 0 Å². The number of hydrogen-bond donors (Lipinski definition) is 2. The number of fused-ring (bicyclic) bond motifs is 2. The summed E-state index contributed by atoms with van der Waals surface area (Å²) in [6, 6.07) is 16.3. The van der Waals surface area contributed by atoms with Gasteiger partial charge in [0.1, 0.15) is 0 Å². The Labute approximate surface area is 187 Å². The van der Waals surface area contributed by atoms with Crippen molar-refractivity contribution in [1.29, 1.82) is 0 Å². The molecule has 0 atom stereocenters. The van der Waals surface area contributed by atoms with Crippen LogP contribution >= 0.6 is 0 Å². The summed E-state index contributed by atoms with van der Waals surface area (Å²) >= 11 is 0. The van der Waals surface area contributed by atoms with Gasteiger partial charge in [0.25, 0.3) is 0 Å². The lowest BCUT2D eigenvalue weighted by Gasteiger charge is -2.35. The fourth-order valence-electron chi connectivity index (χ4n) is 4.68. The number of carbonyl (C=O) groups is 2. The monoisotopic (exact) mass is 428 g/mol. The quantitative estimate of drug-likeness (QED) is 0.489. The zero-order valence-electron chi connectivity index (χ0n) is 18.1. The lowest BCUT2D eigenvalue weighted by molar-refractivity contribution is -0.139. The molecular formula is C26H28N4O2. The van der Waals surface area contributed by atoms with Crippen LogP contribution in [-0.2, 0) is 22.4 Å². The second-order valence-corrected chi connectivity index (χ2v) is 8.48. The average Bonchev–Trinajstić information content (AvgIpc) is 3.45. The molecule has 1 aliphatic heterocycles. The molecule has 2 aromatic carbocycles. The number of aromatic amines is 2. The SMILES string of the molecule is O=C(CCc1c[nH]c2ccccc12)N1CCN(C(=O)CCc2c[nH]c3ccccc23)CC1. The van der Waals surface area contributed by atoms with Crippen molar-refractivity contribution in [2.24, 2.45) is 0 Å². The molecule has 2 aromatic heterocycles. The third-order valence-electron chi connectivity index (χ3n) is 6.55. The van der Waals surface area contributed by atoms with Crippen molar-refractivity contribution < 1.29 is 9.59 Å². The number of hydrogen-bond acceptors (Lipinski definition) is 2. The van der Waals surface area contributed by atoms with Gasteiger partial charge in [0, 0.05) is 73.2 Å². The van der Waals surface area contributed by atoms with Crippen LogP contribution in [0.25, 0.3) is 21.8 Å². The molecule has 4 aromatic rings. The first kappa shape index (κ1) is 20.4. The molecule has 0 saturated carbocycles. The first-order valence-electron chi connectivity index (χ1n) is 11.3. The summed E-state index contributed by atoms with van der Waals surface area (Å²) in [5.74, 6) is 0.336. The van der Waals surface area contributed by atoms with Gasteiger partial charge in [-0.2, -0.15) is 0 Å². The average molecular weight is 429 g/mol. The molecule has 1 fully saturated rings. The van der Waals surface area contributed by atoms with Crippen molar-refractivity contribution in [3.05, 3.63) is 72.1 Å². The van der Waals surface area contributed by atoms with Crippen molar-refractivity contribution >= 4 is 33.6 Å². The number of carbonyl (C=O) groups excluding carboxylic acids is 2. The fraction of sp³-hybridized carbons (Fsp3) is 0.308. The van der Waals surface area contributed by atoms with Crippen LogP contribution in [0.3, 0.4) is 0 Å². The summed E-state index contributed by atoms with van der Waals surface area (Å²) in [5, 5.41) is 2.37. The Morgan fingerprint density at radius 3 is 1.50 bits per heavy atom. The molecule has 6 nitrogen and oxygen atoms in total. The van der Waals surface area contributed by atoms with E-state index in [1.54, 1.807) is 0 Å². The minimum atomic E-state index is 0.168. The summed E-state index contributed by atoms with van der Waals surface area (Å²) in [6.45, 7) is 2.47. The predicted octanol–water partition coefficient (Wildman–Crippen LogP) is 3.89. The Balaban J connectivity index is 1.09. The van der Waals surface area contributed by atoms with Crippen molar-refractivity contribution in [2.45, 2.75) is 25.7 Å². The van der Waals surface area contributed by atoms with Crippen LogP contribution in [0.1, 0.15) is 24.0 Å². The van der Waals surface area contributed by atoms with Crippen molar-refractivity contribution in [3.63, 3.8) is 0 Å². The van der Waals surface area contributed by atoms with Gasteiger partial charge >= 0.3 is 0 Å². The number of para-hydroxylation sites is 2. The number of amides is 2. The highest BCUT2D eigenvalue weighted by Gasteiger charge is 2.24. The molecule has 32 heavy (non-hydrogen) atoms. The maximum atomic E-state index is 12.7. The maximum absolute atomic E-state index is 12.7. The topological polar surface area (TPSA) is 72.2 Å². The molecule has 1 aliphatic rings. The van der Waals surface area contributed by atoms with E-state index in [1.165, 1.54) is 21.9 Å². The van der Waals surface area contributed by atoms with Crippen LogP contribution in [0.15, 0.2) is 60.9 Å². The number of H-pyrrole nitrogens is 2. The largest absolute Gasteiger partial charge is 0.361 e. The van der Waals surface area contributed by atoms with Crippen LogP contribution in [0, 0.1) is 0 Å². The number of rotatable bonds is 6. The summed E-state index contributed by atoms with van der Waals surface area (Å²) in [4.78, 5) is 35.8. The van der Waals surface area contributed by atoms with E-state index in [2.05, 4.69) is 34.2 Å². The lowest BCUT2D eigenvalue weighted by atomic mass is 10.1. The van der Waals surface area contributed by atoms with Crippen molar-refractivity contribution in [3.8, 4) is 0 Å². The zero-order valence-corrected chi connectivity index (χ0v) is 18.1. The molecule has 0 radical (unpaired) electrons. The molecule has 0 bridgehead atoms. The van der Waals surface area contributed by atoms with E-state index in [1.807, 2.05) is 46.5 Å². The number of nitrogens with zero attached hydrogens (tertiary/aromatic N) is 2. The van der Waals surface area contributed by atoms with Gasteiger partial charge in [0.15, 0.2) is 0 Å². The van der Waals surface area contributed by atoms with E-state index in [0.717, 1.165) is 23.9 Å². The number of aryl methyl sites for hydroxylation is 2. The summed E-state index contributed by atoms with van der Waals surface area (Å²) < 4.78 is 0. The van der Waals surface area contributed by atoms with Gasteiger partial charge in [-0.15, -0.1) is 0 Å². The Kier molecular flexibility index (Phi) is 5.67. The Morgan fingerprint density at radius 2 is 1.06 bits per heavy atom. The standard InChI is InChI=1S/C26H28N4O2/c31-25(11-9-19-17-27-23-7-3-1-5-21(19)23)29-13-15-30(16-14-29)26(32)12-10-20-18-28-24-8-4-2-6-22(20)24/h1-8,17-18,27-28H,9-16H2. The van der Waals surface area contributed by atoms with Crippen molar-refractivity contribution in [2.75, 3.05) is 26.2 Å². The molecule has 0 unspecified atom stereocenters. The van der Waals surface area contributed by atoms with E-state index in [0.29, 0.717) is 39.0 Å². The fourth-order valence-corrected chi connectivity index (χ4v) is 4.68. The van der Waals surface area contributed by atoms with Crippen LogP contribution in [0.4, 0.5) is 0 Å². The Hall–Kier alpha value is -3.54. The normalized spacial score (nSPS) is 14.4. The minimum Gasteiger partial charge on any atom is -0.361 e. The van der Waals surface area contributed by atoms with Gasteiger partial charge in [0.2, 0.25) is 11.8 Å². The molecule has 164 valence electrons. The van der Waals surface area contributed by atoms with E-state index in [4.69, 9.17) is 0 Å². The summed E-state index contributed by atoms with van der Waals surface area (Å²) in [5.41, 5.74) is 4.57. The molecule has 1 saturated heterocycles. The minimum absolute atomic E-state index is 0.168. The smallest absolute Gasteiger partial charge is 0.223 e. The van der Waals surface area contributed by atoms with Crippen LogP contribution in [-0.4, -0.2) is 57.8 Å². The van der Waals surface area contributed by atoms with E-state index in [-0.39, 0.29) is 11.8 Å². The van der Waals surface area contributed by atoms with Crippen LogP contribution in [0.5, 0.6) is 0 Å². The van der Waals surface area contributed by atoms with Crippen LogP contribution < -0.4 is 0 Å². The Morgan fingerprint density at radius 1 is 0.656 bits per heavy atom. The summed E-state index contributed by atoms with van der Waals surface area (Å²) in [7, 11) is 0. The first-order valence-corrected chi connectivity index (χ1v) is 11.3. The van der Waals surface area contributed by atoms with E-state index < -0.39 is 0 Å². The number of aromatic nitrogens is 2. The number of piperazine rings is 1. The lowest BCUT2D eigenvalue weighted by Crippen LogP contribution is -2.50. The highest BCUT2D eigenvalue weighted by atomic mass is 16.2. The first-order chi connectivity index (χ1) is 15.7. The number of benzene rings is 2. The van der Waals surface area contributed by atoms with Gasteiger partial charge in [-0.3, -0.25) is 9.59 Å².